The van der Waals surface area contributed by atoms with Gasteiger partial charge in [0.2, 0.25) is 0 Å². The van der Waals surface area contributed by atoms with Crippen molar-refractivity contribution < 1.29 is 5.11 Å². The van der Waals surface area contributed by atoms with Crippen LogP contribution in [0.25, 0.3) is 0 Å². The Morgan fingerprint density at radius 2 is 2.18 bits per heavy atom. The summed E-state index contributed by atoms with van der Waals surface area (Å²) in [6, 6.07) is 8.76. The second-order valence-electron chi connectivity index (χ2n) is 4.98. The van der Waals surface area contributed by atoms with Crippen LogP contribution in [-0.4, -0.2) is 49.3 Å². The van der Waals surface area contributed by atoms with Crippen molar-refractivity contribution in [1.82, 2.24) is 4.90 Å². The van der Waals surface area contributed by atoms with Crippen LogP contribution in [0.3, 0.4) is 0 Å². The largest absolute Gasteiger partial charge is 0.394 e. The van der Waals surface area contributed by atoms with E-state index in [1.54, 1.807) is 0 Å². The highest BCUT2D eigenvalue weighted by atomic mass is 16.3. The third-order valence-corrected chi connectivity index (χ3v) is 3.45. The molecule has 0 aromatic heterocycles. The van der Waals surface area contributed by atoms with E-state index in [2.05, 4.69) is 48.0 Å². The molecule has 1 aliphatic rings. The fourth-order valence-electron chi connectivity index (χ4n) is 2.55. The van der Waals surface area contributed by atoms with Crippen LogP contribution in [0, 0.1) is 6.92 Å². The van der Waals surface area contributed by atoms with Gasteiger partial charge in [0.25, 0.3) is 0 Å². The summed E-state index contributed by atoms with van der Waals surface area (Å²) < 4.78 is 0. The lowest BCUT2D eigenvalue weighted by Crippen LogP contribution is -2.42. The number of aliphatic hydroxyl groups is 1. The molecule has 3 heteroatoms. The van der Waals surface area contributed by atoms with Gasteiger partial charge >= 0.3 is 0 Å². The van der Waals surface area contributed by atoms with Gasteiger partial charge in [-0.25, -0.2) is 0 Å². The quantitative estimate of drug-likeness (QED) is 0.840. The molecular formula is C14H22N2O. The van der Waals surface area contributed by atoms with Gasteiger partial charge in [-0.3, -0.25) is 0 Å². The van der Waals surface area contributed by atoms with E-state index in [-0.39, 0.29) is 12.6 Å². The van der Waals surface area contributed by atoms with Gasteiger partial charge in [0, 0.05) is 18.8 Å². The molecule has 94 valence electrons. The van der Waals surface area contributed by atoms with E-state index in [0.29, 0.717) is 0 Å². The summed E-state index contributed by atoms with van der Waals surface area (Å²) in [5, 5.41) is 9.57. The van der Waals surface area contributed by atoms with Crippen molar-refractivity contribution in [3.8, 4) is 0 Å². The second-order valence-corrected chi connectivity index (χ2v) is 4.98. The zero-order valence-corrected chi connectivity index (χ0v) is 10.8. The lowest BCUT2D eigenvalue weighted by Gasteiger charge is -2.31. The smallest absolute Gasteiger partial charge is 0.0647 e. The molecule has 1 N–H and O–H groups in total. The summed E-state index contributed by atoms with van der Waals surface area (Å²) >= 11 is 0. The fourth-order valence-corrected chi connectivity index (χ4v) is 2.55. The Hall–Kier alpha value is -1.06. The maximum absolute atomic E-state index is 9.57. The van der Waals surface area contributed by atoms with Gasteiger partial charge in [0.15, 0.2) is 0 Å². The summed E-state index contributed by atoms with van der Waals surface area (Å²) in [5.74, 6) is 0. The van der Waals surface area contributed by atoms with E-state index in [9.17, 15) is 5.11 Å². The predicted octanol–water partition coefficient (Wildman–Crippen LogP) is 1.50. The van der Waals surface area contributed by atoms with E-state index in [1.165, 1.54) is 11.3 Å². The first-order valence-electron chi connectivity index (χ1n) is 6.33. The molecule has 1 aliphatic heterocycles. The molecule has 1 aromatic rings. The molecule has 17 heavy (non-hydrogen) atoms. The molecule has 0 bridgehead atoms. The molecule has 3 nitrogen and oxygen atoms in total. The van der Waals surface area contributed by atoms with E-state index in [0.717, 1.165) is 26.1 Å². The van der Waals surface area contributed by atoms with Gasteiger partial charge in [-0.1, -0.05) is 12.1 Å². The number of hydrogen-bond acceptors (Lipinski definition) is 3. The number of aliphatic hydroxyl groups excluding tert-OH is 1. The molecule has 1 aromatic carbocycles. The Bertz CT molecular complexity index is 367. The number of aryl methyl sites for hydroxylation is 1. The van der Waals surface area contributed by atoms with Crippen LogP contribution < -0.4 is 4.90 Å². The first-order chi connectivity index (χ1) is 8.20. The van der Waals surface area contributed by atoms with Gasteiger partial charge in [-0.05, 0) is 44.6 Å². The van der Waals surface area contributed by atoms with Crippen molar-refractivity contribution in [1.29, 1.82) is 0 Å². The molecule has 2 rings (SSSR count). The molecule has 1 fully saturated rings. The molecule has 1 unspecified atom stereocenters. The van der Waals surface area contributed by atoms with Crippen molar-refractivity contribution in [3.05, 3.63) is 29.8 Å². The number of nitrogens with zero attached hydrogens (tertiary/aromatic N) is 2. The summed E-state index contributed by atoms with van der Waals surface area (Å²) in [6.07, 6.45) is 1.15. The van der Waals surface area contributed by atoms with Crippen LogP contribution in [0.5, 0.6) is 0 Å². The Morgan fingerprint density at radius 3 is 2.88 bits per heavy atom. The Kier molecular flexibility index (Phi) is 4.02. The van der Waals surface area contributed by atoms with Gasteiger partial charge in [-0.2, -0.15) is 0 Å². The average molecular weight is 234 g/mol. The number of hydrogen-bond donors (Lipinski definition) is 1. The highest BCUT2D eigenvalue weighted by molar-refractivity contribution is 5.49. The van der Waals surface area contributed by atoms with Crippen LogP contribution in [0.2, 0.25) is 0 Å². The molecule has 1 heterocycles. The van der Waals surface area contributed by atoms with E-state index >= 15 is 0 Å². The number of benzene rings is 1. The van der Waals surface area contributed by atoms with Crippen LogP contribution in [-0.2, 0) is 0 Å². The second kappa shape index (κ2) is 5.52. The molecular weight excluding hydrogens is 212 g/mol. The Morgan fingerprint density at radius 1 is 1.35 bits per heavy atom. The highest BCUT2D eigenvalue weighted by Gasteiger charge is 2.22. The van der Waals surface area contributed by atoms with Gasteiger partial charge in [0.05, 0.1) is 12.6 Å². The minimum absolute atomic E-state index is 0.212. The van der Waals surface area contributed by atoms with Crippen molar-refractivity contribution in [2.75, 3.05) is 38.2 Å². The third kappa shape index (κ3) is 2.99. The molecule has 0 spiro atoms. The molecule has 0 aliphatic carbocycles. The summed E-state index contributed by atoms with van der Waals surface area (Å²) in [4.78, 5) is 4.65. The van der Waals surface area contributed by atoms with Crippen LogP contribution >= 0.6 is 0 Å². The summed E-state index contributed by atoms with van der Waals surface area (Å²) in [7, 11) is 2.13. The molecule has 1 atom stereocenters. The van der Waals surface area contributed by atoms with E-state index in [1.807, 2.05) is 0 Å². The maximum atomic E-state index is 9.57. The third-order valence-electron chi connectivity index (χ3n) is 3.45. The van der Waals surface area contributed by atoms with Crippen LogP contribution in [0.15, 0.2) is 24.3 Å². The summed E-state index contributed by atoms with van der Waals surface area (Å²) in [5.41, 5.74) is 2.51. The molecule has 0 radical (unpaired) electrons. The first kappa shape index (κ1) is 12.4. The van der Waals surface area contributed by atoms with E-state index < -0.39 is 0 Å². The fraction of sp³-hybridized carbons (Fsp3) is 0.571. The predicted molar refractivity (Wildman–Crippen MR) is 71.5 cm³/mol. The molecule has 1 saturated heterocycles. The topological polar surface area (TPSA) is 26.7 Å². The number of anilines is 1. The zero-order chi connectivity index (χ0) is 12.3. The Labute approximate surface area is 104 Å². The lowest BCUT2D eigenvalue weighted by atomic mass is 10.1. The SMILES string of the molecule is Cc1cccc(N2CCCN(C)CC2CO)c1. The number of likely N-dealkylation sites (N-methyl/N-ethyl adjacent to an activating group) is 1. The highest BCUT2D eigenvalue weighted by Crippen LogP contribution is 2.21. The molecule has 0 amide bonds. The van der Waals surface area contributed by atoms with Gasteiger partial charge < -0.3 is 14.9 Å². The normalized spacial score (nSPS) is 22.5. The van der Waals surface area contributed by atoms with Crippen LogP contribution in [0.1, 0.15) is 12.0 Å². The molecule has 0 saturated carbocycles. The Balaban J connectivity index is 2.22. The lowest BCUT2D eigenvalue weighted by molar-refractivity contribution is 0.229. The first-order valence-corrected chi connectivity index (χ1v) is 6.33. The van der Waals surface area contributed by atoms with Crippen molar-refractivity contribution in [2.45, 2.75) is 19.4 Å². The minimum Gasteiger partial charge on any atom is -0.394 e. The zero-order valence-electron chi connectivity index (χ0n) is 10.8. The van der Waals surface area contributed by atoms with E-state index in [4.69, 9.17) is 0 Å². The number of rotatable bonds is 2. The van der Waals surface area contributed by atoms with Crippen molar-refractivity contribution in [2.24, 2.45) is 0 Å². The van der Waals surface area contributed by atoms with Gasteiger partial charge in [-0.15, -0.1) is 0 Å². The van der Waals surface area contributed by atoms with Crippen molar-refractivity contribution >= 4 is 5.69 Å². The minimum atomic E-state index is 0.212. The monoisotopic (exact) mass is 234 g/mol. The van der Waals surface area contributed by atoms with Crippen LogP contribution in [0.4, 0.5) is 5.69 Å². The average Bonchev–Trinajstić information content (AvgIpc) is 2.50. The van der Waals surface area contributed by atoms with Crippen molar-refractivity contribution in [3.63, 3.8) is 0 Å². The maximum Gasteiger partial charge on any atom is 0.0647 e. The van der Waals surface area contributed by atoms with Gasteiger partial charge in [0.1, 0.15) is 0 Å². The summed E-state index contributed by atoms with van der Waals surface area (Å²) in [6.45, 7) is 5.40. The standard InChI is InChI=1S/C14H22N2O/c1-12-5-3-6-13(9-12)16-8-4-7-15(2)10-14(16)11-17/h3,5-6,9,14,17H,4,7-8,10-11H2,1-2H3.